The summed E-state index contributed by atoms with van der Waals surface area (Å²) in [4.78, 5) is 15.4. The molecule has 4 rings (SSSR count). The normalized spacial score (nSPS) is 31.3. The Hall–Kier alpha value is -1.85. The lowest BCUT2D eigenvalue weighted by atomic mass is 10.1. The molecule has 2 aliphatic rings. The number of methoxy groups -OCH3 is 1. The molecule has 5 atom stereocenters. The third-order valence-electron chi connectivity index (χ3n) is 5.45. The van der Waals surface area contributed by atoms with Gasteiger partial charge in [0.2, 0.25) is 0 Å². The third-order valence-corrected chi connectivity index (χ3v) is 5.45. The zero-order valence-corrected chi connectivity index (χ0v) is 15.2. The van der Waals surface area contributed by atoms with Crippen LogP contribution in [0.5, 0.6) is 0 Å². The predicted molar refractivity (Wildman–Crippen MR) is 95.1 cm³/mol. The Morgan fingerprint density at radius 3 is 2.85 bits per heavy atom. The fraction of sp³-hybridized carbons (Fsp3) is 0.706. The minimum absolute atomic E-state index is 0.377. The van der Waals surface area contributed by atoms with Gasteiger partial charge >= 0.3 is 0 Å². The summed E-state index contributed by atoms with van der Waals surface area (Å²) in [6.07, 6.45) is 1.04. The first kappa shape index (κ1) is 18.5. The summed E-state index contributed by atoms with van der Waals surface area (Å²) in [5.74, 6) is 1.31. The number of aliphatic hydroxyl groups excluding tert-OH is 3. The van der Waals surface area contributed by atoms with Gasteiger partial charge in [-0.15, -0.1) is 0 Å². The van der Waals surface area contributed by atoms with Gasteiger partial charge in [-0.1, -0.05) is 0 Å². The Balaban J connectivity index is 1.60. The molecular weight excluding hydrogens is 354 g/mol. The molecule has 2 saturated heterocycles. The molecule has 0 amide bonds. The van der Waals surface area contributed by atoms with Crippen molar-refractivity contribution in [3.63, 3.8) is 0 Å². The lowest BCUT2D eigenvalue weighted by Crippen LogP contribution is -2.33. The van der Waals surface area contributed by atoms with Crippen LogP contribution in [0.2, 0.25) is 0 Å². The first-order valence-corrected chi connectivity index (χ1v) is 9.18. The van der Waals surface area contributed by atoms with Crippen LogP contribution in [0.3, 0.4) is 0 Å². The van der Waals surface area contributed by atoms with Crippen LogP contribution in [-0.4, -0.2) is 86.6 Å². The summed E-state index contributed by atoms with van der Waals surface area (Å²) in [6.45, 7) is 2.15. The van der Waals surface area contributed by atoms with Crippen molar-refractivity contribution < 1.29 is 24.8 Å². The zero-order chi connectivity index (χ0) is 19.0. The molecule has 0 spiro atoms. The summed E-state index contributed by atoms with van der Waals surface area (Å²) in [5.41, 5.74) is 1.15. The van der Waals surface area contributed by atoms with E-state index in [-0.39, 0.29) is 6.61 Å². The number of nitrogens with zero attached hydrogens (tertiary/aromatic N) is 5. The smallest absolute Gasteiger partial charge is 0.167 e. The molecule has 10 nitrogen and oxygen atoms in total. The average molecular weight is 379 g/mol. The molecule has 0 aliphatic carbocycles. The molecule has 4 heterocycles. The van der Waals surface area contributed by atoms with Crippen LogP contribution in [0, 0.1) is 5.92 Å². The Labute approximate surface area is 156 Å². The van der Waals surface area contributed by atoms with Crippen LogP contribution in [0.4, 0.5) is 5.82 Å². The minimum Gasteiger partial charge on any atom is -0.394 e. The number of ether oxygens (including phenoxy) is 2. The summed E-state index contributed by atoms with van der Waals surface area (Å²) in [5, 5.41) is 29.6. The number of hydrogen-bond donors (Lipinski definition) is 3. The second-order valence-corrected chi connectivity index (χ2v) is 7.13. The van der Waals surface area contributed by atoms with E-state index in [9.17, 15) is 15.3 Å². The van der Waals surface area contributed by atoms with E-state index in [1.807, 2.05) is 0 Å². The molecule has 10 heteroatoms. The molecule has 2 aromatic heterocycles. The number of aromatic nitrogens is 4. The number of rotatable bonds is 6. The summed E-state index contributed by atoms with van der Waals surface area (Å²) < 4.78 is 12.4. The molecule has 27 heavy (non-hydrogen) atoms. The van der Waals surface area contributed by atoms with Crippen molar-refractivity contribution in [2.24, 2.45) is 5.92 Å². The lowest BCUT2D eigenvalue weighted by molar-refractivity contribution is -0.0511. The van der Waals surface area contributed by atoms with E-state index in [0.717, 1.165) is 38.4 Å². The maximum Gasteiger partial charge on any atom is 0.167 e. The highest BCUT2D eigenvalue weighted by atomic mass is 16.6. The van der Waals surface area contributed by atoms with E-state index >= 15 is 0 Å². The number of hydrogen-bond acceptors (Lipinski definition) is 9. The molecule has 0 aromatic carbocycles. The van der Waals surface area contributed by atoms with Crippen molar-refractivity contribution in [1.29, 1.82) is 0 Å². The fourth-order valence-corrected chi connectivity index (χ4v) is 3.91. The van der Waals surface area contributed by atoms with E-state index in [0.29, 0.717) is 17.1 Å². The second-order valence-electron chi connectivity index (χ2n) is 7.13. The maximum atomic E-state index is 10.3. The van der Waals surface area contributed by atoms with Gasteiger partial charge in [0.25, 0.3) is 0 Å². The molecule has 148 valence electrons. The Kier molecular flexibility index (Phi) is 5.24. The van der Waals surface area contributed by atoms with Gasteiger partial charge in [0.15, 0.2) is 23.2 Å². The van der Waals surface area contributed by atoms with Gasteiger partial charge in [-0.05, 0) is 18.8 Å². The van der Waals surface area contributed by atoms with Crippen molar-refractivity contribution >= 4 is 17.0 Å². The monoisotopic (exact) mass is 379 g/mol. The van der Waals surface area contributed by atoms with E-state index in [2.05, 4.69) is 19.9 Å². The van der Waals surface area contributed by atoms with Gasteiger partial charge in [0.1, 0.15) is 24.6 Å². The highest BCUT2D eigenvalue weighted by Crippen LogP contribution is 2.34. The highest BCUT2D eigenvalue weighted by Gasteiger charge is 2.44. The first-order chi connectivity index (χ1) is 13.1. The molecule has 1 unspecified atom stereocenters. The zero-order valence-electron chi connectivity index (χ0n) is 15.2. The van der Waals surface area contributed by atoms with E-state index in [4.69, 9.17) is 9.47 Å². The largest absolute Gasteiger partial charge is 0.394 e. The summed E-state index contributed by atoms with van der Waals surface area (Å²) >= 11 is 0. The van der Waals surface area contributed by atoms with Crippen LogP contribution in [0.25, 0.3) is 11.2 Å². The Morgan fingerprint density at radius 2 is 2.11 bits per heavy atom. The van der Waals surface area contributed by atoms with Crippen molar-refractivity contribution in [3.8, 4) is 0 Å². The number of imidazole rings is 1. The molecule has 2 aromatic rings. The molecular formula is C17H25N5O5. The van der Waals surface area contributed by atoms with Crippen LogP contribution in [0.15, 0.2) is 12.7 Å². The van der Waals surface area contributed by atoms with Crippen LogP contribution in [0.1, 0.15) is 19.1 Å². The molecule has 2 fully saturated rings. The van der Waals surface area contributed by atoms with E-state index < -0.39 is 24.5 Å². The standard InChI is InChI=1S/C17H25N5O5/c1-26-5-3-10-2-4-21(6-10)15-12-16(19-8-18-15)22(9-20-12)17-14(25)13(24)11(7-23)27-17/h8-11,13-14,17,23-25H,2-7H2,1H3/t10?,11-,13-,14-,17-/m1/s1. The number of aliphatic hydroxyl groups is 3. The van der Waals surface area contributed by atoms with Crippen LogP contribution in [-0.2, 0) is 9.47 Å². The Morgan fingerprint density at radius 1 is 1.26 bits per heavy atom. The van der Waals surface area contributed by atoms with Crippen molar-refractivity contribution in [3.05, 3.63) is 12.7 Å². The Bertz CT molecular complexity index is 786. The van der Waals surface area contributed by atoms with Gasteiger partial charge in [-0.3, -0.25) is 4.57 Å². The number of anilines is 1. The topological polar surface area (TPSA) is 126 Å². The third kappa shape index (κ3) is 3.27. The van der Waals surface area contributed by atoms with Crippen molar-refractivity contribution in [1.82, 2.24) is 19.5 Å². The minimum atomic E-state index is -1.18. The highest BCUT2D eigenvalue weighted by molar-refractivity contribution is 5.83. The van der Waals surface area contributed by atoms with Gasteiger partial charge in [-0.25, -0.2) is 15.0 Å². The van der Waals surface area contributed by atoms with Crippen LogP contribution >= 0.6 is 0 Å². The predicted octanol–water partition coefficient (Wildman–Crippen LogP) is -0.699. The van der Waals surface area contributed by atoms with Crippen molar-refractivity contribution in [2.45, 2.75) is 37.4 Å². The fourth-order valence-electron chi connectivity index (χ4n) is 3.91. The number of fused-ring (bicyclic) bond motifs is 1. The van der Waals surface area contributed by atoms with Crippen LogP contribution < -0.4 is 4.90 Å². The first-order valence-electron chi connectivity index (χ1n) is 9.18. The quantitative estimate of drug-likeness (QED) is 0.597. The SMILES string of the molecule is COCCC1CCN(c2ncnc3c2ncn3[C@@H]2O[C@H](CO)[C@@H](O)[C@H]2O)C1. The molecule has 0 bridgehead atoms. The lowest BCUT2D eigenvalue weighted by Gasteiger charge is -2.19. The van der Waals surface area contributed by atoms with Crippen molar-refractivity contribution in [2.75, 3.05) is 38.3 Å². The average Bonchev–Trinajstić information content (AvgIpc) is 3.39. The van der Waals surface area contributed by atoms with Gasteiger partial charge in [0, 0.05) is 26.8 Å². The second kappa shape index (κ2) is 7.64. The van der Waals surface area contributed by atoms with Gasteiger partial charge in [0.05, 0.1) is 12.9 Å². The molecule has 2 aliphatic heterocycles. The maximum absolute atomic E-state index is 10.3. The molecule has 3 N–H and O–H groups in total. The molecule has 0 saturated carbocycles. The molecule has 0 radical (unpaired) electrons. The van der Waals surface area contributed by atoms with E-state index in [1.54, 1.807) is 11.7 Å². The van der Waals surface area contributed by atoms with Gasteiger partial charge < -0.3 is 29.7 Å². The summed E-state index contributed by atoms with van der Waals surface area (Å²) in [7, 11) is 1.71. The van der Waals surface area contributed by atoms with E-state index in [1.165, 1.54) is 12.7 Å². The summed E-state index contributed by atoms with van der Waals surface area (Å²) in [6, 6.07) is 0. The van der Waals surface area contributed by atoms with Gasteiger partial charge in [-0.2, -0.15) is 0 Å².